The van der Waals surface area contributed by atoms with Gasteiger partial charge in [-0.15, -0.1) is 0 Å². The van der Waals surface area contributed by atoms with Gasteiger partial charge in [0.2, 0.25) is 0 Å². The van der Waals surface area contributed by atoms with Gasteiger partial charge in [-0.25, -0.2) is 0 Å². The minimum absolute atomic E-state index is 0.0314. The second-order valence-corrected chi connectivity index (χ2v) is 6.30. The van der Waals surface area contributed by atoms with Gasteiger partial charge in [0, 0.05) is 62.7 Å². The van der Waals surface area contributed by atoms with E-state index in [0.29, 0.717) is 13.2 Å². The van der Waals surface area contributed by atoms with Gasteiger partial charge < -0.3 is 20.3 Å². The highest BCUT2D eigenvalue weighted by molar-refractivity contribution is 5.95. The van der Waals surface area contributed by atoms with E-state index in [1.165, 1.54) is 10.4 Å². The van der Waals surface area contributed by atoms with Crippen LogP contribution >= 0.6 is 0 Å². The topological polar surface area (TPSA) is 53.6 Å². The Labute approximate surface area is 137 Å². The van der Waals surface area contributed by atoms with Crippen LogP contribution in [0.4, 0.5) is 0 Å². The summed E-state index contributed by atoms with van der Waals surface area (Å²) in [5, 5.41) is 8.61. The lowest BCUT2D eigenvalue weighted by molar-refractivity contribution is 0.0936. The summed E-state index contributed by atoms with van der Waals surface area (Å²) >= 11 is 0. The van der Waals surface area contributed by atoms with Gasteiger partial charge in [-0.05, 0) is 23.8 Å². The third-order valence-corrected chi connectivity index (χ3v) is 4.60. The van der Waals surface area contributed by atoms with Crippen molar-refractivity contribution in [1.82, 2.24) is 15.5 Å². The summed E-state index contributed by atoms with van der Waals surface area (Å²) in [5.74, 6) is 0.707. The van der Waals surface area contributed by atoms with Gasteiger partial charge in [-0.2, -0.15) is 0 Å². The summed E-state index contributed by atoms with van der Waals surface area (Å²) in [4.78, 5) is 14.7. The number of carbonyl (C=O) groups excluding carboxylic acids is 1. The van der Waals surface area contributed by atoms with Crippen LogP contribution in [0.3, 0.4) is 0 Å². The predicted octanol–water partition coefficient (Wildman–Crippen LogP) is -0.575. The number of carbonyl (C=O) groups is 1. The third kappa shape index (κ3) is 3.57. The second-order valence-electron chi connectivity index (χ2n) is 6.30. The number of ether oxygens (including phenoxy) is 1. The average molecular weight is 315 g/mol. The Morgan fingerprint density at radius 3 is 2.96 bits per heavy atom. The molecular weight excluding hydrogens is 290 g/mol. The van der Waals surface area contributed by atoms with Crippen molar-refractivity contribution in [3.63, 3.8) is 0 Å². The zero-order valence-corrected chi connectivity index (χ0v) is 13.9. The van der Waals surface area contributed by atoms with E-state index in [0.717, 1.165) is 43.2 Å². The van der Waals surface area contributed by atoms with Gasteiger partial charge in [0.1, 0.15) is 0 Å². The van der Waals surface area contributed by atoms with Crippen LogP contribution in [0.2, 0.25) is 0 Å². The molecule has 0 unspecified atom stereocenters. The van der Waals surface area contributed by atoms with Gasteiger partial charge in [0.05, 0.1) is 6.61 Å². The lowest BCUT2D eigenvalue weighted by atomic mass is 10.00. The molecule has 124 valence electrons. The molecule has 0 spiro atoms. The fourth-order valence-corrected chi connectivity index (χ4v) is 3.09. The Hall–Kier alpha value is -1.85. The van der Waals surface area contributed by atoms with Gasteiger partial charge in [-0.1, -0.05) is 12.1 Å². The fourth-order valence-electron chi connectivity index (χ4n) is 3.09. The van der Waals surface area contributed by atoms with Crippen LogP contribution < -0.4 is 21.1 Å². The molecule has 5 nitrogen and oxygen atoms in total. The van der Waals surface area contributed by atoms with E-state index in [4.69, 9.17) is 4.74 Å². The maximum absolute atomic E-state index is 12.3. The molecule has 0 aliphatic carbocycles. The van der Waals surface area contributed by atoms with E-state index in [2.05, 4.69) is 27.8 Å². The van der Waals surface area contributed by atoms with Crippen molar-refractivity contribution in [2.75, 3.05) is 46.4 Å². The molecule has 2 aliphatic rings. The molecule has 1 fully saturated rings. The van der Waals surface area contributed by atoms with Crippen LogP contribution in [0, 0.1) is 12.8 Å². The molecule has 0 atom stereocenters. The van der Waals surface area contributed by atoms with Crippen molar-refractivity contribution >= 4 is 18.2 Å². The van der Waals surface area contributed by atoms with Crippen molar-refractivity contribution in [2.45, 2.75) is 6.92 Å². The van der Waals surface area contributed by atoms with Gasteiger partial charge in [0.25, 0.3) is 5.91 Å². The molecule has 0 saturated carbocycles. The molecule has 2 aliphatic heterocycles. The van der Waals surface area contributed by atoms with Crippen LogP contribution in [-0.2, 0) is 4.74 Å². The first kappa shape index (κ1) is 16.0. The minimum atomic E-state index is -0.0314. The zero-order valence-electron chi connectivity index (χ0n) is 13.9. The normalized spacial score (nSPS) is 16.9. The monoisotopic (exact) mass is 315 g/mol. The molecule has 1 saturated heterocycles. The quantitative estimate of drug-likeness (QED) is 0.690. The van der Waals surface area contributed by atoms with Gasteiger partial charge >= 0.3 is 0 Å². The number of rotatable bonds is 6. The van der Waals surface area contributed by atoms with Crippen LogP contribution in [0.15, 0.2) is 12.1 Å². The molecule has 0 aromatic heterocycles. The molecule has 2 heterocycles. The Morgan fingerprint density at radius 1 is 1.43 bits per heavy atom. The van der Waals surface area contributed by atoms with Crippen LogP contribution in [0.5, 0.6) is 0 Å². The largest absolute Gasteiger partial charge is 0.383 e. The molecule has 23 heavy (non-hydrogen) atoms. The van der Waals surface area contributed by atoms with E-state index in [1.807, 2.05) is 19.1 Å². The Balaban J connectivity index is 1.81. The van der Waals surface area contributed by atoms with Crippen molar-refractivity contribution in [3.8, 4) is 0 Å². The minimum Gasteiger partial charge on any atom is -0.383 e. The first-order chi connectivity index (χ1) is 11.2. The Bertz CT molecular complexity index is 695. The molecular formula is C18H25N3O2. The van der Waals surface area contributed by atoms with Crippen molar-refractivity contribution in [2.24, 2.45) is 5.92 Å². The Kier molecular flexibility index (Phi) is 4.98. The zero-order chi connectivity index (χ0) is 16.2. The van der Waals surface area contributed by atoms with Gasteiger partial charge in [0.15, 0.2) is 0 Å². The maximum Gasteiger partial charge on any atom is 0.251 e. The first-order valence-corrected chi connectivity index (χ1v) is 8.22. The number of hydrogen-bond donors (Lipinski definition) is 2. The number of hydrogen-bond acceptors (Lipinski definition) is 4. The average Bonchev–Trinajstić information content (AvgIpc) is 2.52. The summed E-state index contributed by atoms with van der Waals surface area (Å²) in [6.45, 7) is 7.33. The molecule has 3 rings (SSSR count). The molecule has 0 bridgehead atoms. The molecule has 5 heteroatoms. The summed E-state index contributed by atoms with van der Waals surface area (Å²) in [6, 6.07) is 3.97. The highest BCUT2D eigenvalue weighted by Crippen LogP contribution is 2.08. The van der Waals surface area contributed by atoms with Gasteiger partial charge in [-0.3, -0.25) is 4.79 Å². The van der Waals surface area contributed by atoms with Crippen molar-refractivity contribution in [3.05, 3.63) is 33.7 Å². The van der Waals surface area contributed by atoms with Crippen LogP contribution in [0.1, 0.15) is 15.9 Å². The highest BCUT2D eigenvalue weighted by atomic mass is 16.5. The predicted molar refractivity (Wildman–Crippen MR) is 91.5 cm³/mol. The Morgan fingerprint density at radius 2 is 2.26 bits per heavy atom. The molecule has 1 aromatic carbocycles. The van der Waals surface area contributed by atoms with Crippen LogP contribution in [0.25, 0.3) is 12.3 Å². The van der Waals surface area contributed by atoms with Crippen molar-refractivity contribution in [1.29, 1.82) is 0 Å². The summed E-state index contributed by atoms with van der Waals surface area (Å²) in [5.41, 5.74) is 1.79. The fraction of sp³-hybridized carbons (Fsp3) is 0.500. The van der Waals surface area contributed by atoms with E-state index in [1.54, 1.807) is 7.11 Å². The standard InChI is InChI=1S/C18H25N3O2/c1-13-16(18(22)20-6-8-23-2)4-3-15-5-7-21(12-17(13)15)11-14-9-19-10-14/h3-5,12,14,19H,6-11H2,1-2H3,(H,20,22). The third-order valence-electron chi connectivity index (χ3n) is 4.60. The summed E-state index contributed by atoms with van der Waals surface area (Å²) in [6.07, 6.45) is 4.47. The first-order valence-electron chi connectivity index (χ1n) is 8.22. The SMILES string of the molecule is COCCNC(=O)c1ccc2c(c1C)=CN(CC1CNC1)CC=2. The van der Waals surface area contributed by atoms with E-state index in [9.17, 15) is 4.79 Å². The highest BCUT2D eigenvalue weighted by Gasteiger charge is 2.19. The number of benzene rings is 1. The lowest BCUT2D eigenvalue weighted by Crippen LogP contribution is -2.49. The smallest absolute Gasteiger partial charge is 0.251 e. The summed E-state index contributed by atoms with van der Waals surface area (Å²) in [7, 11) is 1.63. The van der Waals surface area contributed by atoms with Crippen LogP contribution in [-0.4, -0.2) is 57.2 Å². The number of methoxy groups -OCH3 is 1. The molecule has 0 radical (unpaired) electrons. The van der Waals surface area contributed by atoms with E-state index in [-0.39, 0.29) is 5.91 Å². The number of nitrogens with zero attached hydrogens (tertiary/aromatic N) is 1. The summed E-state index contributed by atoms with van der Waals surface area (Å²) < 4.78 is 4.98. The van der Waals surface area contributed by atoms with Crippen molar-refractivity contribution < 1.29 is 9.53 Å². The maximum atomic E-state index is 12.3. The van der Waals surface area contributed by atoms with E-state index >= 15 is 0 Å². The number of amides is 1. The van der Waals surface area contributed by atoms with E-state index < -0.39 is 0 Å². The molecule has 2 N–H and O–H groups in total. The molecule has 1 amide bonds. The lowest BCUT2D eigenvalue weighted by Gasteiger charge is -2.33. The number of nitrogens with one attached hydrogen (secondary N) is 2. The molecule has 1 aromatic rings. The second kappa shape index (κ2) is 7.15. The number of fused-ring (bicyclic) bond motifs is 1.